The highest BCUT2D eigenvalue weighted by Gasteiger charge is 1.95. The zero-order valence-corrected chi connectivity index (χ0v) is 10.3. The number of hydrogen-bond donors (Lipinski definition) is 0. The highest BCUT2D eigenvalue weighted by atomic mass is 14.0. The van der Waals surface area contributed by atoms with Crippen LogP contribution in [0.3, 0.4) is 0 Å². The van der Waals surface area contributed by atoms with E-state index in [1.165, 1.54) is 16.7 Å². The van der Waals surface area contributed by atoms with Gasteiger partial charge in [0.15, 0.2) is 0 Å². The van der Waals surface area contributed by atoms with Gasteiger partial charge in [0.1, 0.15) is 0 Å². The summed E-state index contributed by atoms with van der Waals surface area (Å²) in [6.07, 6.45) is 2.18. The van der Waals surface area contributed by atoms with E-state index in [1.807, 2.05) is 20.8 Å². The molecule has 76 valence electrons. The molecule has 0 spiro atoms. The molecule has 0 saturated heterocycles. The Labute approximate surface area is 84.1 Å². The standard InChI is InChI=1S/C11H18.C2H6/c1-8(2)7-11(9(3)4)10(5)6;1-2/h7H,3H2,1-2,4-6H3;1-2H3. The van der Waals surface area contributed by atoms with Crippen LogP contribution in [0.5, 0.6) is 0 Å². The molecule has 0 heterocycles. The predicted molar refractivity (Wildman–Crippen MR) is 64.0 cm³/mol. The van der Waals surface area contributed by atoms with E-state index in [4.69, 9.17) is 0 Å². The molecule has 0 heteroatoms. The van der Waals surface area contributed by atoms with E-state index >= 15 is 0 Å². The molecule has 13 heavy (non-hydrogen) atoms. The van der Waals surface area contributed by atoms with Crippen LogP contribution in [0, 0.1) is 0 Å². The molecule has 0 aromatic carbocycles. The fourth-order valence-electron chi connectivity index (χ4n) is 0.983. The van der Waals surface area contributed by atoms with Crippen molar-refractivity contribution in [3.05, 3.63) is 34.9 Å². The van der Waals surface area contributed by atoms with Crippen LogP contribution in [0.4, 0.5) is 0 Å². The molecule has 0 saturated carbocycles. The highest BCUT2D eigenvalue weighted by molar-refractivity contribution is 5.40. The maximum Gasteiger partial charge on any atom is -0.0247 e. The van der Waals surface area contributed by atoms with Crippen molar-refractivity contribution in [2.75, 3.05) is 0 Å². The third-order valence-electron chi connectivity index (χ3n) is 1.43. The molecule has 0 rings (SSSR count). The average molecular weight is 180 g/mol. The van der Waals surface area contributed by atoms with Crippen molar-refractivity contribution in [2.45, 2.75) is 48.5 Å². The lowest BCUT2D eigenvalue weighted by Gasteiger charge is -2.04. The molecule has 0 amide bonds. The van der Waals surface area contributed by atoms with Gasteiger partial charge in [-0.1, -0.05) is 43.2 Å². The first-order valence-corrected chi connectivity index (χ1v) is 4.93. The van der Waals surface area contributed by atoms with Crippen molar-refractivity contribution >= 4 is 0 Å². The van der Waals surface area contributed by atoms with E-state index in [0.717, 1.165) is 5.57 Å². The highest BCUT2D eigenvalue weighted by Crippen LogP contribution is 2.15. The number of allylic oxidation sites excluding steroid dienone is 5. The summed E-state index contributed by atoms with van der Waals surface area (Å²) in [4.78, 5) is 0. The zero-order chi connectivity index (χ0) is 11.0. The smallest absolute Gasteiger partial charge is 0.0247 e. The molecule has 0 aliphatic rings. The van der Waals surface area contributed by atoms with Gasteiger partial charge in [0.2, 0.25) is 0 Å². The summed E-state index contributed by atoms with van der Waals surface area (Å²) in [5.41, 5.74) is 5.08. The third kappa shape index (κ3) is 7.58. The van der Waals surface area contributed by atoms with E-state index in [2.05, 4.69) is 40.3 Å². The van der Waals surface area contributed by atoms with Gasteiger partial charge < -0.3 is 0 Å². The van der Waals surface area contributed by atoms with E-state index in [9.17, 15) is 0 Å². The number of rotatable bonds is 2. The molecule has 0 unspecified atom stereocenters. The predicted octanol–water partition coefficient (Wildman–Crippen LogP) is 4.89. The molecule has 0 aromatic rings. The van der Waals surface area contributed by atoms with Crippen molar-refractivity contribution in [1.29, 1.82) is 0 Å². The van der Waals surface area contributed by atoms with E-state index in [-0.39, 0.29) is 0 Å². The summed E-state index contributed by atoms with van der Waals surface area (Å²) in [5.74, 6) is 0. The van der Waals surface area contributed by atoms with Crippen molar-refractivity contribution in [3.63, 3.8) is 0 Å². The first kappa shape index (κ1) is 14.7. The fraction of sp³-hybridized carbons (Fsp3) is 0.538. The summed E-state index contributed by atoms with van der Waals surface area (Å²) in [7, 11) is 0. The molecular weight excluding hydrogens is 156 g/mol. The monoisotopic (exact) mass is 180 g/mol. The van der Waals surface area contributed by atoms with Gasteiger partial charge in [-0.15, -0.1) is 0 Å². The van der Waals surface area contributed by atoms with E-state index in [0.29, 0.717) is 0 Å². The number of hydrogen-bond acceptors (Lipinski definition) is 0. The molecule has 0 atom stereocenters. The summed E-state index contributed by atoms with van der Waals surface area (Å²) < 4.78 is 0. The zero-order valence-electron chi connectivity index (χ0n) is 10.3. The van der Waals surface area contributed by atoms with Crippen molar-refractivity contribution < 1.29 is 0 Å². The van der Waals surface area contributed by atoms with Gasteiger partial charge in [0.05, 0.1) is 0 Å². The van der Waals surface area contributed by atoms with Gasteiger partial charge in [-0.2, -0.15) is 0 Å². The van der Waals surface area contributed by atoms with Crippen LogP contribution in [0.1, 0.15) is 48.5 Å². The summed E-state index contributed by atoms with van der Waals surface area (Å²) in [6, 6.07) is 0. The Morgan fingerprint density at radius 2 is 1.31 bits per heavy atom. The van der Waals surface area contributed by atoms with Crippen LogP contribution in [0.25, 0.3) is 0 Å². The Balaban J connectivity index is 0. The van der Waals surface area contributed by atoms with Gasteiger partial charge in [-0.3, -0.25) is 0 Å². The second-order valence-electron chi connectivity index (χ2n) is 3.42. The Hall–Kier alpha value is -0.780. The van der Waals surface area contributed by atoms with Crippen LogP contribution in [0.15, 0.2) is 34.9 Å². The SMILES string of the molecule is C=C(C)C(C=C(C)C)=C(C)C.CC. The maximum atomic E-state index is 3.93. The first-order chi connectivity index (χ1) is 5.95. The lowest BCUT2D eigenvalue weighted by Crippen LogP contribution is -1.84. The van der Waals surface area contributed by atoms with Crippen molar-refractivity contribution in [3.8, 4) is 0 Å². The van der Waals surface area contributed by atoms with E-state index < -0.39 is 0 Å². The Morgan fingerprint density at radius 1 is 0.923 bits per heavy atom. The lowest BCUT2D eigenvalue weighted by atomic mass is 10.0. The Bertz CT molecular complexity index is 206. The third-order valence-corrected chi connectivity index (χ3v) is 1.43. The van der Waals surface area contributed by atoms with Crippen LogP contribution < -0.4 is 0 Å². The van der Waals surface area contributed by atoms with Gasteiger partial charge in [0.25, 0.3) is 0 Å². The van der Waals surface area contributed by atoms with Gasteiger partial charge in [-0.25, -0.2) is 0 Å². The minimum absolute atomic E-state index is 1.14. The van der Waals surface area contributed by atoms with Gasteiger partial charge in [0, 0.05) is 0 Å². The van der Waals surface area contributed by atoms with Crippen LogP contribution in [-0.2, 0) is 0 Å². The van der Waals surface area contributed by atoms with Crippen LogP contribution in [0.2, 0.25) is 0 Å². The van der Waals surface area contributed by atoms with Gasteiger partial charge >= 0.3 is 0 Å². The second kappa shape index (κ2) is 7.85. The van der Waals surface area contributed by atoms with Crippen LogP contribution in [-0.4, -0.2) is 0 Å². The summed E-state index contributed by atoms with van der Waals surface area (Å²) >= 11 is 0. The Morgan fingerprint density at radius 3 is 1.38 bits per heavy atom. The minimum atomic E-state index is 1.14. The molecular formula is C13H24. The quantitative estimate of drug-likeness (QED) is 0.531. The topological polar surface area (TPSA) is 0 Å². The molecule has 0 nitrogen and oxygen atoms in total. The van der Waals surface area contributed by atoms with Crippen molar-refractivity contribution in [2.24, 2.45) is 0 Å². The summed E-state index contributed by atoms with van der Waals surface area (Å²) in [5, 5.41) is 0. The molecule has 0 fully saturated rings. The molecule has 0 N–H and O–H groups in total. The largest absolute Gasteiger partial charge is 0.0955 e. The van der Waals surface area contributed by atoms with Crippen LogP contribution >= 0.6 is 0 Å². The Kier molecular flexibility index (Phi) is 8.89. The molecule has 0 aromatic heterocycles. The minimum Gasteiger partial charge on any atom is -0.0955 e. The van der Waals surface area contributed by atoms with Crippen molar-refractivity contribution in [1.82, 2.24) is 0 Å². The molecule has 0 radical (unpaired) electrons. The molecule has 0 aliphatic heterocycles. The van der Waals surface area contributed by atoms with Gasteiger partial charge in [-0.05, 0) is 40.2 Å². The summed E-state index contributed by atoms with van der Waals surface area (Å²) in [6.45, 7) is 18.4. The first-order valence-electron chi connectivity index (χ1n) is 4.93. The maximum absolute atomic E-state index is 3.93. The second-order valence-corrected chi connectivity index (χ2v) is 3.42. The van der Waals surface area contributed by atoms with E-state index in [1.54, 1.807) is 0 Å². The molecule has 0 aliphatic carbocycles. The average Bonchev–Trinajstić information content (AvgIpc) is 2.03. The molecule has 0 bridgehead atoms. The fourth-order valence-corrected chi connectivity index (χ4v) is 0.983. The normalized spacial score (nSPS) is 7.92. The lowest BCUT2D eigenvalue weighted by molar-refractivity contribution is 1.26.